The van der Waals surface area contributed by atoms with Gasteiger partial charge in [0.25, 0.3) is 0 Å². The smallest absolute Gasteiger partial charge is 0.0481 e. The van der Waals surface area contributed by atoms with Crippen LogP contribution in [-0.4, -0.2) is 0 Å². The summed E-state index contributed by atoms with van der Waals surface area (Å²) in [4.78, 5) is 0. The third kappa shape index (κ3) is 3.39. The van der Waals surface area contributed by atoms with E-state index in [9.17, 15) is 0 Å². The van der Waals surface area contributed by atoms with Crippen molar-refractivity contribution in [3.8, 4) is 11.8 Å². The van der Waals surface area contributed by atoms with Crippen LogP contribution in [0, 0.1) is 11.8 Å². The van der Waals surface area contributed by atoms with Crippen LogP contribution in [0.2, 0.25) is 0 Å². The topological polar surface area (TPSA) is 26.0 Å². The Morgan fingerprint density at radius 3 is 2.21 bits per heavy atom. The molecule has 2 aromatic carbocycles. The predicted octanol–water partition coefficient (Wildman–Crippen LogP) is 3.97. The summed E-state index contributed by atoms with van der Waals surface area (Å²) in [5, 5.41) is 0. The van der Waals surface area contributed by atoms with Crippen LogP contribution in [0.25, 0.3) is 0 Å². The highest BCUT2D eigenvalue weighted by Crippen LogP contribution is 2.25. The number of nitrogen functional groups attached to an aromatic ring is 1. The Morgan fingerprint density at radius 2 is 1.58 bits per heavy atom. The van der Waals surface area contributed by atoms with E-state index in [1.165, 1.54) is 5.56 Å². The summed E-state index contributed by atoms with van der Waals surface area (Å²) in [6, 6.07) is 16.1. The average Bonchev–Trinajstić information content (AvgIpc) is 2.37. The first-order valence-electron chi connectivity index (χ1n) is 6.44. The van der Waals surface area contributed by atoms with Gasteiger partial charge in [0.05, 0.1) is 0 Å². The summed E-state index contributed by atoms with van der Waals surface area (Å²) in [5.74, 6) is 6.32. The van der Waals surface area contributed by atoms with Gasteiger partial charge in [-0.1, -0.05) is 56.9 Å². The van der Waals surface area contributed by atoms with Crippen LogP contribution >= 0.6 is 0 Å². The van der Waals surface area contributed by atoms with Crippen LogP contribution in [0.3, 0.4) is 0 Å². The Kier molecular flexibility index (Phi) is 3.62. The van der Waals surface area contributed by atoms with Crippen molar-refractivity contribution in [2.45, 2.75) is 26.2 Å². The van der Waals surface area contributed by atoms with Crippen LogP contribution in [0.5, 0.6) is 0 Å². The lowest BCUT2D eigenvalue weighted by atomic mass is 9.86. The number of rotatable bonds is 0. The fourth-order valence-electron chi connectivity index (χ4n) is 1.79. The minimum atomic E-state index is 0.108. The van der Waals surface area contributed by atoms with Gasteiger partial charge in [0.15, 0.2) is 0 Å². The molecule has 0 aliphatic heterocycles. The lowest BCUT2D eigenvalue weighted by molar-refractivity contribution is 0.590. The minimum absolute atomic E-state index is 0.108. The molecular formula is C18H19N. The molecule has 19 heavy (non-hydrogen) atoms. The maximum absolute atomic E-state index is 5.99. The molecule has 1 heteroatoms. The second-order valence-electron chi connectivity index (χ2n) is 5.67. The zero-order valence-electron chi connectivity index (χ0n) is 11.7. The number of hydrogen-bond donors (Lipinski definition) is 1. The molecule has 2 aromatic rings. The van der Waals surface area contributed by atoms with E-state index in [0.29, 0.717) is 0 Å². The standard InChI is InChI=1S/C18H19N/c1-18(2,3)16-11-12-17(19)15(13-16)10-9-14-7-5-4-6-8-14/h4-8,11-13H,19H2,1-3H3. The molecule has 96 valence electrons. The van der Waals surface area contributed by atoms with Gasteiger partial charge < -0.3 is 5.73 Å². The van der Waals surface area contributed by atoms with Gasteiger partial charge in [0.2, 0.25) is 0 Å². The van der Waals surface area contributed by atoms with Crippen molar-refractivity contribution in [3.05, 3.63) is 65.2 Å². The van der Waals surface area contributed by atoms with E-state index in [-0.39, 0.29) is 5.41 Å². The van der Waals surface area contributed by atoms with Crippen LogP contribution in [0.15, 0.2) is 48.5 Å². The van der Waals surface area contributed by atoms with Gasteiger partial charge in [0, 0.05) is 16.8 Å². The molecule has 0 spiro atoms. The summed E-state index contributed by atoms with van der Waals surface area (Å²) >= 11 is 0. The Morgan fingerprint density at radius 1 is 0.895 bits per heavy atom. The number of hydrogen-bond acceptors (Lipinski definition) is 1. The Bertz CT molecular complexity index is 622. The molecule has 0 saturated heterocycles. The van der Waals surface area contributed by atoms with Crippen LogP contribution in [0.1, 0.15) is 37.5 Å². The van der Waals surface area contributed by atoms with Crippen LogP contribution < -0.4 is 5.73 Å². The molecule has 0 unspecified atom stereocenters. The molecule has 0 atom stereocenters. The number of benzene rings is 2. The van der Waals surface area contributed by atoms with E-state index in [1.807, 2.05) is 36.4 Å². The second kappa shape index (κ2) is 5.20. The molecule has 1 nitrogen and oxygen atoms in total. The summed E-state index contributed by atoms with van der Waals surface area (Å²) in [6.45, 7) is 6.56. The first-order chi connectivity index (χ1) is 8.97. The van der Waals surface area contributed by atoms with Crippen LogP contribution in [0.4, 0.5) is 5.69 Å². The summed E-state index contributed by atoms with van der Waals surface area (Å²) in [5.41, 5.74) is 9.99. The molecule has 0 bridgehead atoms. The van der Waals surface area contributed by atoms with Crippen molar-refractivity contribution < 1.29 is 0 Å². The summed E-state index contributed by atoms with van der Waals surface area (Å²) < 4.78 is 0. The first-order valence-corrected chi connectivity index (χ1v) is 6.44. The van der Waals surface area contributed by atoms with Gasteiger partial charge in [0.1, 0.15) is 0 Å². The molecule has 0 aliphatic carbocycles. The van der Waals surface area contributed by atoms with E-state index in [2.05, 4.69) is 44.7 Å². The fraction of sp³-hybridized carbons (Fsp3) is 0.222. The van der Waals surface area contributed by atoms with Gasteiger partial charge >= 0.3 is 0 Å². The van der Waals surface area contributed by atoms with Crippen molar-refractivity contribution in [3.63, 3.8) is 0 Å². The van der Waals surface area contributed by atoms with E-state index in [0.717, 1.165) is 16.8 Å². The van der Waals surface area contributed by atoms with Crippen molar-refractivity contribution in [2.75, 3.05) is 5.73 Å². The molecular weight excluding hydrogens is 230 g/mol. The van der Waals surface area contributed by atoms with E-state index < -0.39 is 0 Å². The largest absolute Gasteiger partial charge is 0.398 e. The van der Waals surface area contributed by atoms with Gasteiger partial charge in [-0.05, 0) is 35.2 Å². The Balaban J connectivity index is 2.38. The van der Waals surface area contributed by atoms with Crippen molar-refractivity contribution in [1.29, 1.82) is 0 Å². The van der Waals surface area contributed by atoms with Crippen molar-refractivity contribution in [1.82, 2.24) is 0 Å². The zero-order valence-corrected chi connectivity index (χ0v) is 11.7. The molecule has 2 rings (SSSR count). The van der Waals surface area contributed by atoms with Gasteiger partial charge in [-0.2, -0.15) is 0 Å². The maximum atomic E-state index is 5.99. The third-order valence-electron chi connectivity index (χ3n) is 3.03. The number of nitrogens with two attached hydrogens (primary N) is 1. The highest BCUT2D eigenvalue weighted by molar-refractivity contribution is 5.59. The predicted molar refractivity (Wildman–Crippen MR) is 82.0 cm³/mol. The summed E-state index contributed by atoms with van der Waals surface area (Å²) in [6.07, 6.45) is 0. The lowest BCUT2D eigenvalue weighted by Gasteiger charge is -2.19. The molecule has 0 saturated carbocycles. The molecule has 0 radical (unpaired) electrons. The Hall–Kier alpha value is -2.20. The van der Waals surface area contributed by atoms with Crippen molar-refractivity contribution in [2.24, 2.45) is 0 Å². The first kappa shape index (κ1) is 13.2. The fourth-order valence-corrected chi connectivity index (χ4v) is 1.79. The van der Waals surface area contributed by atoms with E-state index in [4.69, 9.17) is 5.73 Å². The monoisotopic (exact) mass is 249 g/mol. The molecule has 0 fully saturated rings. The lowest BCUT2D eigenvalue weighted by Crippen LogP contribution is -2.11. The van der Waals surface area contributed by atoms with Gasteiger partial charge in [-0.25, -0.2) is 0 Å². The van der Waals surface area contributed by atoms with E-state index >= 15 is 0 Å². The van der Waals surface area contributed by atoms with Crippen molar-refractivity contribution >= 4 is 5.69 Å². The quantitative estimate of drug-likeness (QED) is 0.555. The maximum Gasteiger partial charge on any atom is 0.0481 e. The highest BCUT2D eigenvalue weighted by Gasteiger charge is 2.14. The van der Waals surface area contributed by atoms with Gasteiger partial charge in [-0.15, -0.1) is 0 Å². The molecule has 2 N–H and O–H groups in total. The molecule has 0 aromatic heterocycles. The van der Waals surface area contributed by atoms with Gasteiger partial charge in [-0.3, -0.25) is 0 Å². The normalized spacial score (nSPS) is 10.7. The third-order valence-corrected chi connectivity index (χ3v) is 3.03. The molecule has 0 aliphatic rings. The van der Waals surface area contributed by atoms with Crippen LogP contribution in [-0.2, 0) is 5.41 Å². The highest BCUT2D eigenvalue weighted by atomic mass is 14.6. The second-order valence-corrected chi connectivity index (χ2v) is 5.67. The zero-order chi connectivity index (χ0) is 13.9. The minimum Gasteiger partial charge on any atom is -0.398 e. The summed E-state index contributed by atoms with van der Waals surface area (Å²) in [7, 11) is 0. The Labute approximate surface area is 115 Å². The SMILES string of the molecule is CC(C)(C)c1ccc(N)c(C#Cc2ccccc2)c1. The molecule has 0 heterocycles. The number of anilines is 1. The molecule has 0 amide bonds. The average molecular weight is 249 g/mol. The van der Waals surface area contributed by atoms with E-state index in [1.54, 1.807) is 0 Å².